The summed E-state index contributed by atoms with van der Waals surface area (Å²) in [5.74, 6) is -0.0272. The molecule has 1 aliphatic carbocycles. The van der Waals surface area contributed by atoms with Crippen LogP contribution >= 0.6 is 0 Å². The van der Waals surface area contributed by atoms with Crippen LogP contribution in [0.3, 0.4) is 0 Å². The molecule has 0 bridgehead atoms. The number of carbonyl (C=O) groups is 2. The van der Waals surface area contributed by atoms with Gasteiger partial charge in [-0.2, -0.15) is 0 Å². The maximum atomic E-state index is 12.3. The van der Waals surface area contributed by atoms with Crippen molar-refractivity contribution in [3.63, 3.8) is 0 Å². The fourth-order valence-electron chi connectivity index (χ4n) is 3.09. The van der Waals surface area contributed by atoms with Gasteiger partial charge in [0.05, 0.1) is 7.05 Å². The van der Waals surface area contributed by atoms with E-state index >= 15 is 0 Å². The monoisotopic (exact) mass is 332 g/mol. The van der Waals surface area contributed by atoms with Crippen molar-refractivity contribution in [2.75, 3.05) is 18.9 Å². The molecule has 2 atom stereocenters. The molecule has 0 aliphatic heterocycles. The largest absolute Gasteiger partial charge is 0.348 e. The van der Waals surface area contributed by atoms with E-state index in [1.165, 1.54) is 12.8 Å². The third kappa shape index (κ3) is 5.06. The summed E-state index contributed by atoms with van der Waals surface area (Å²) in [6, 6.07) is 6.07. The molecule has 0 radical (unpaired) electrons. The summed E-state index contributed by atoms with van der Waals surface area (Å²) < 4.78 is 0. The van der Waals surface area contributed by atoms with Gasteiger partial charge in [0, 0.05) is 11.7 Å². The Labute approximate surface area is 144 Å². The molecule has 1 unspecified atom stereocenters. The number of benzene rings is 1. The number of rotatable bonds is 6. The second-order valence-electron chi connectivity index (χ2n) is 7.10. The van der Waals surface area contributed by atoms with Gasteiger partial charge in [-0.25, -0.2) is 0 Å². The van der Waals surface area contributed by atoms with E-state index < -0.39 is 0 Å². The lowest BCUT2D eigenvalue weighted by Gasteiger charge is -2.22. The standard InChI is InChI=1S/C19H29N3O2/c1-13-9-10-14(2)17(11-13)21-18(23)12-22(4)15(3)19(24)20-16-7-5-6-8-16/h9-11,15-16H,5-8,12H2,1-4H3,(H,20,24)(H,21,23)/p+1/t15-/m0/s1. The van der Waals surface area contributed by atoms with Crippen LogP contribution in [-0.4, -0.2) is 37.5 Å². The molecule has 1 fully saturated rings. The molecule has 0 heterocycles. The highest BCUT2D eigenvalue weighted by Crippen LogP contribution is 2.17. The van der Waals surface area contributed by atoms with E-state index in [0.717, 1.165) is 34.6 Å². The molecule has 5 nitrogen and oxygen atoms in total. The normalized spacial score (nSPS) is 17.3. The van der Waals surface area contributed by atoms with Crippen molar-refractivity contribution in [2.24, 2.45) is 0 Å². The summed E-state index contributed by atoms with van der Waals surface area (Å²) in [7, 11) is 1.89. The highest BCUT2D eigenvalue weighted by atomic mass is 16.2. The van der Waals surface area contributed by atoms with Gasteiger partial charge in [0.15, 0.2) is 12.6 Å². The molecule has 1 aromatic carbocycles. The molecular formula is C19H30N3O2+. The number of anilines is 1. The van der Waals surface area contributed by atoms with Crippen LogP contribution in [0, 0.1) is 13.8 Å². The first-order valence-electron chi connectivity index (χ1n) is 8.86. The van der Waals surface area contributed by atoms with Gasteiger partial charge >= 0.3 is 0 Å². The topological polar surface area (TPSA) is 62.6 Å². The minimum absolute atomic E-state index is 0.0407. The number of hydrogen-bond donors (Lipinski definition) is 3. The second-order valence-corrected chi connectivity index (χ2v) is 7.10. The first-order chi connectivity index (χ1) is 11.4. The molecule has 2 rings (SSSR count). The fraction of sp³-hybridized carbons (Fsp3) is 0.579. The van der Waals surface area contributed by atoms with E-state index in [4.69, 9.17) is 0 Å². The van der Waals surface area contributed by atoms with Crippen molar-refractivity contribution in [3.8, 4) is 0 Å². The third-order valence-electron chi connectivity index (χ3n) is 4.94. The predicted octanol–water partition coefficient (Wildman–Crippen LogP) is 1.20. The smallest absolute Gasteiger partial charge is 0.279 e. The molecule has 24 heavy (non-hydrogen) atoms. The van der Waals surface area contributed by atoms with E-state index in [-0.39, 0.29) is 24.4 Å². The van der Waals surface area contributed by atoms with Gasteiger partial charge in [0.25, 0.3) is 11.8 Å². The summed E-state index contributed by atoms with van der Waals surface area (Å²) in [6.07, 6.45) is 4.54. The van der Waals surface area contributed by atoms with Gasteiger partial charge in [-0.15, -0.1) is 0 Å². The average Bonchev–Trinajstić information content (AvgIpc) is 3.02. The molecule has 1 aliphatic rings. The number of nitrogens with one attached hydrogen (secondary N) is 3. The molecule has 2 amide bonds. The first-order valence-corrected chi connectivity index (χ1v) is 8.86. The van der Waals surface area contributed by atoms with E-state index in [9.17, 15) is 9.59 Å². The zero-order valence-corrected chi connectivity index (χ0v) is 15.2. The molecular weight excluding hydrogens is 302 g/mol. The Bertz CT molecular complexity index is 594. The van der Waals surface area contributed by atoms with Crippen molar-refractivity contribution < 1.29 is 14.5 Å². The van der Waals surface area contributed by atoms with Crippen molar-refractivity contribution >= 4 is 17.5 Å². The van der Waals surface area contributed by atoms with Crippen molar-refractivity contribution in [1.82, 2.24) is 5.32 Å². The Morgan fingerprint density at radius 1 is 1.25 bits per heavy atom. The van der Waals surface area contributed by atoms with Gasteiger partial charge in [-0.1, -0.05) is 25.0 Å². The second kappa shape index (κ2) is 8.29. The van der Waals surface area contributed by atoms with E-state index in [0.29, 0.717) is 6.04 Å². The molecule has 3 N–H and O–H groups in total. The molecule has 1 saturated carbocycles. The maximum Gasteiger partial charge on any atom is 0.279 e. The Hall–Kier alpha value is -1.88. The van der Waals surface area contributed by atoms with Crippen molar-refractivity contribution in [1.29, 1.82) is 0 Å². The summed E-state index contributed by atoms with van der Waals surface area (Å²) in [6.45, 7) is 6.13. The van der Waals surface area contributed by atoms with E-state index in [1.54, 1.807) is 0 Å². The van der Waals surface area contributed by atoms with E-state index in [2.05, 4.69) is 10.6 Å². The van der Waals surface area contributed by atoms with Crippen LogP contribution in [0.15, 0.2) is 18.2 Å². The van der Waals surface area contributed by atoms with Gasteiger partial charge in [0.2, 0.25) is 0 Å². The lowest BCUT2D eigenvalue weighted by molar-refractivity contribution is -0.885. The van der Waals surface area contributed by atoms with Crippen LogP contribution in [0.2, 0.25) is 0 Å². The Kier molecular flexibility index (Phi) is 6.37. The summed E-state index contributed by atoms with van der Waals surface area (Å²) in [4.78, 5) is 25.5. The Morgan fingerprint density at radius 3 is 2.58 bits per heavy atom. The number of aryl methyl sites for hydroxylation is 2. The Balaban J connectivity index is 1.85. The minimum atomic E-state index is -0.241. The van der Waals surface area contributed by atoms with Gasteiger partial charge in [-0.3, -0.25) is 9.59 Å². The quantitative estimate of drug-likeness (QED) is 0.733. The van der Waals surface area contributed by atoms with E-state index in [1.807, 2.05) is 46.0 Å². The molecule has 5 heteroatoms. The predicted molar refractivity (Wildman–Crippen MR) is 96.2 cm³/mol. The zero-order chi connectivity index (χ0) is 17.7. The lowest BCUT2D eigenvalue weighted by Crippen LogP contribution is -3.15. The van der Waals surface area contributed by atoms with Crippen LogP contribution in [0.25, 0.3) is 0 Å². The van der Waals surface area contributed by atoms with Gasteiger partial charge in [-0.05, 0) is 50.8 Å². The highest BCUT2D eigenvalue weighted by molar-refractivity contribution is 5.92. The SMILES string of the molecule is Cc1ccc(C)c(NC(=O)C[NH+](C)[C@@H](C)C(=O)NC2CCCC2)c1. The van der Waals surface area contributed by atoms with Gasteiger partial charge in [0.1, 0.15) is 0 Å². The minimum Gasteiger partial charge on any atom is -0.348 e. The molecule has 0 aromatic heterocycles. The Morgan fingerprint density at radius 2 is 1.92 bits per heavy atom. The number of quaternary nitrogens is 1. The van der Waals surface area contributed by atoms with Crippen LogP contribution in [0.5, 0.6) is 0 Å². The zero-order valence-electron chi connectivity index (χ0n) is 15.2. The summed E-state index contributed by atoms with van der Waals surface area (Å²) in [5, 5.41) is 6.06. The molecule has 0 spiro atoms. The molecule has 132 valence electrons. The highest BCUT2D eigenvalue weighted by Gasteiger charge is 2.27. The first kappa shape index (κ1) is 18.5. The van der Waals surface area contributed by atoms with Crippen LogP contribution in [-0.2, 0) is 9.59 Å². The van der Waals surface area contributed by atoms with Gasteiger partial charge < -0.3 is 15.5 Å². The lowest BCUT2D eigenvalue weighted by atomic mass is 10.1. The maximum absolute atomic E-state index is 12.3. The fourth-order valence-corrected chi connectivity index (χ4v) is 3.09. The molecule has 0 saturated heterocycles. The number of amides is 2. The summed E-state index contributed by atoms with van der Waals surface area (Å²) >= 11 is 0. The summed E-state index contributed by atoms with van der Waals surface area (Å²) in [5.41, 5.74) is 3.00. The number of carbonyl (C=O) groups excluding carboxylic acids is 2. The number of hydrogen-bond acceptors (Lipinski definition) is 2. The number of likely N-dealkylation sites (N-methyl/N-ethyl adjacent to an activating group) is 1. The van der Waals surface area contributed by atoms with Crippen LogP contribution in [0.4, 0.5) is 5.69 Å². The molecule has 1 aromatic rings. The average molecular weight is 332 g/mol. The van der Waals surface area contributed by atoms with Crippen molar-refractivity contribution in [3.05, 3.63) is 29.3 Å². The van der Waals surface area contributed by atoms with Crippen LogP contribution in [0.1, 0.15) is 43.7 Å². The third-order valence-corrected chi connectivity index (χ3v) is 4.94. The van der Waals surface area contributed by atoms with Crippen LogP contribution < -0.4 is 15.5 Å². The van der Waals surface area contributed by atoms with Crippen molar-refractivity contribution in [2.45, 2.75) is 58.5 Å².